The van der Waals surface area contributed by atoms with Gasteiger partial charge in [0.25, 0.3) is 0 Å². The van der Waals surface area contributed by atoms with Gasteiger partial charge in [-0.25, -0.2) is 0 Å². The van der Waals surface area contributed by atoms with Crippen LogP contribution < -0.4 is 15.2 Å². The molecule has 1 fully saturated rings. The molecule has 0 aromatic heterocycles. The Kier molecular flexibility index (Phi) is 3.19. The molecule has 1 aromatic rings. The number of hydrogen-bond acceptors (Lipinski definition) is 4. The van der Waals surface area contributed by atoms with Crippen LogP contribution >= 0.6 is 0 Å². The molecule has 0 radical (unpaired) electrons. The van der Waals surface area contributed by atoms with Crippen LogP contribution in [0.2, 0.25) is 0 Å². The molecule has 16 heavy (non-hydrogen) atoms. The van der Waals surface area contributed by atoms with Gasteiger partial charge in [0, 0.05) is 11.8 Å². The number of ether oxygens (including phenoxy) is 2. The molecule has 2 atom stereocenters. The van der Waals surface area contributed by atoms with E-state index < -0.39 is 0 Å². The maximum Gasteiger partial charge on any atom is 0.162 e. The van der Waals surface area contributed by atoms with E-state index in [0.717, 1.165) is 19.3 Å². The molecule has 0 unspecified atom stereocenters. The molecule has 3 N–H and O–H groups in total. The molecule has 1 aromatic carbocycles. The lowest BCUT2D eigenvalue weighted by molar-refractivity contribution is 0.0586. The molecule has 1 aliphatic rings. The summed E-state index contributed by atoms with van der Waals surface area (Å²) in [5, 5.41) is 9.68. The van der Waals surface area contributed by atoms with Crippen LogP contribution in [0.15, 0.2) is 18.2 Å². The Balaban J connectivity index is 2.14. The Morgan fingerprint density at radius 1 is 1.31 bits per heavy atom. The minimum Gasteiger partial charge on any atom is -0.493 e. The first kappa shape index (κ1) is 11.1. The maximum absolute atomic E-state index is 9.68. The summed E-state index contributed by atoms with van der Waals surface area (Å²) in [5.74, 6) is 1.25. The van der Waals surface area contributed by atoms with Crippen LogP contribution in [0, 0.1) is 0 Å². The summed E-state index contributed by atoms with van der Waals surface area (Å²) in [4.78, 5) is 0. The summed E-state index contributed by atoms with van der Waals surface area (Å²) in [6.45, 7) is 0. The summed E-state index contributed by atoms with van der Waals surface area (Å²) < 4.78 is 10.9. The van der Waals surface area contributed by atoms with Gasteiger partial charge in [-0.1, -0.05) is 0 Å². The Morgan fingerprint density at radius 2 is 2.12 bits per heavy atom. The van der Waals surface area contributed by atoms with E-state index in [1.54, 1.807) is 25.3 Å². The number of aliphatic hydroxyl groups excluding tert-OH is 1. The first-order valence-electron chi connectivity index (χ1n) is 5.49. The first-order valence-corrected chi connectivity index (χ1v) is 5.49. The van der Waals surface area contributed by atoms with Crippen LogP contribution in [-0.4, -0.2) is 24.4 Å². The van der Waals surface area contributed by atoms with E-state index in [-0.39, 0.29) is 12.2 Å². The summed E-state index contributed by atoms with van der Waals surface area (Å²) >= 11 is 0. The van der Waals surface area contributed by atoms with Gasteiger partial charge in [-0.05, 0) is 31.4 Å². The number of rotatable bonds is 3. The summed E-state index contributed by atoms with van der Waals surface area (Å²) in [6.07, 6.45) is 2.19. The highest BCUT2D eigenvalue weighted by Crippen LogP contribution is 2.32. The van der Waals surface area contributed by atoms with Crippen molar-refractivity contribution in [1.29, 1.82) is 0 Å². The van der Waals surface area contributed by atoms with Crippen molar-refractivity contribution in [3.63, 3.8) is 0 Å². The minimum atomic E-state index is -0.373. The Bertz CT molecular complexity index is 367. The average molecular weight is 223 g/mol. The van der Waals surface area contributed by atoms with E-state index in [9.17, 15) is 5.11 Å². The second kappa shape index (κ2) is 4.61. The fraction of sp³-hybridized carbons (Fsp3) is 0.500. The molecule has 0 spiro atoms. The van der Waals surface area contributed by atoms with Gasteiger partial charge in [-0.15, -0.1) is 0 Å². The van der Waals surface area contributed by atoms with Crippen molar-refractivity contribution in [1.82, 2.24) is 0 Å². The molecule has 0 aliphatic heterocycles. The SMILES string of the molecule is COc1cc(N)ccc1O[C@H]1CCC[C@H]1O. The number of aliphatic hydroxyl groups is 1. The van der Waals surface area contributed by atoms with Crippen molar-refractivity contribution in [3.05, 3.63) is 18.2 Å². The highest BCUT2D eigenvalue weighted by Gasteiger charge is 2.27. The van der Waals surface area contributed by atoms with Crippen molar-refractivity contribution < 1.29 is 14.6 Å². The molecule has 0 amide bonds. The van der Waals surface area contributed by atoms with Crippen molar-refractivity contribution in [2.75, 3.05) is 12.8 Å². The Hall–Kier alpha value is -1.42. The van der Waals surface area contributed by atoms with E-state index in [0.29, 0.717) is 17.2 Å². The summed E-state index contributed by atoms with van der Waals surface area (Å²) in [5.41, 5.74) is 6.29. The first-order chi connectivity index (χ1) is 7.70. The third-order valence-corrected chi connectivity index (χ3v) is 2.88. The summed E-state index contributed by atoms with van der Waals surface area (Å²) in [7, 11) is 1.58. The smallest absolute Gasteiger partial charge is 0.162 e. The van der Waals surface area contributed by atoms with Crippen LogP contribution in [0.1, 0.15) is 19.3 Å². The maximum atomic E-state index is 9.68. The van der Waals surface area contributed by atoms with Crippen molar-refractivity contribution >= 4 is 5.69 Å². The molecule has 0 bridgehead atoms. The topological polar surface area (TPSA) is 64.7 Å². The number of benzene rings is 1. The standard InChI is InChI=1S/C12H17NO3/c1-15-12-7-8(13)5-6-11(12)16-10-4-2-3-9(10)14/h5-7,9-10,14H,2-4,13H2,1H3/t9-,10+/m1/s1. The van der Waals surface area contributed by atoms with E-state index in [1.165, 1.54) is 0 Å². The predicted molar refractivity (Wildman–Crippen MR) is 61.7 cm³/mol. The fourth-order valence-corrected chi connectivity index (χ4v) is 1.99. The minimum absolute atomic E-state index is 0.127. The zero-order chi connectivity index (χ0) is 11.5. The van der Waals surface area contributed by atoms with Crippen LogP contribution in [0.3, 0.4) is 0 Å². The fourth-order valence-electron chi connectivity index (χ4n) is 1.99. The molecule has 4 heteroatoms. The molecule has 0 heterocycles. The van der Waals surface area contributed by atoms with Gasteiger partial charge >= 0.3 is 0 Å². The van der Waals surface area contributed by atoms with Crippen molar-refractivity contribution in [3.8, 4) is 11.5 Å². The summed E-state index contributed by atoms with van der Waals surface area (Å²) in [6, 6.07) is 5.26. The van der Waals surface area contributed by atoms with Gasteiger partial charge in [-0.3, -0.25) is 0 Å². The molecule has 1 aliphatic carbocycles. The molecule has 88 valence electrons. The van der Waals surface area contributed by atoms with E-state index in [1.807, 2.05) is 0 Å². The quantitative estimate of drug-likeness (QED) is 0.763. The lowest BCUT2D eigenvalue weighted by atomic mass is 10.2. The lowest BCUT2D eigenvalue weighted by Gasteiger charge is -2.19. The molecule has 0 saturated heterocycles. The molecule has 4 nitrogen and oxygen atoms in total. The second-order valence-corrected chi connectivity index (χ2v) is 4.06. The van der Waals surface area contributed by atoms with Crippen LogP contribution in [-0.2, 0) is 0 Å². The van der Waals surface area contributed by atoms with Gasteiger partial charge in [0.1, 0.15) is 6.10 Å². The number of methoxy groups -OCH3 is 1. The van der Waals surface area contributed by atoms with Crippen LogP contribution in [0.4, 0.5) is 5.69 Å². The zero-order valence-corrected chi connectivity index (χ0v) is 9.35. The molecule has 1 saturated carbocycles. The second-order valence-electron chi connectivity index (χ2n) is 4.06. The predicted octanol–water partition coefficient (Wildman–Crippen LogP) is 1.57. The van der Waals surface area contributed by atoms with Gasteiger partial charge < -0.3 is 20.3 Å². The number of nitrogen functional groups attached to an aromatic ring is 1. The van der Waals surface area contributed by atoms with E-state index in [4.69, 9.17) is 15.2 Å². The van der Waals surface area contributed by atoms with Crippen molar-refractivity contribution in [2.45, 2.75) is 31.5 Å². The van der Waals surface area contributed by atoms with Crippen LogP contribution in [0.5, 0.6) is 11.5 Å². The number of anilines is 1. The highest BCUT2D eigenvalue weighted by atomic mass is 16.5. The van der Waals surface area contributed by atoms with Gasteiger partial charge in [0.15, 0.2) is 11.5 Å². The van der Waals surface area contributed by atoms with E-state index in [2.05, 4.69) is 0 Å². The number of nitrogens with two attached hydrogens (primary N) is 1. The van der Waals surface area contributed by atoms with Crippen molar-refractivity contribution in [2.24, 2.45) is 0 Å². The molecular weight excluding hydrogens is 206 g/mol. The van der Waals surface area contributed by atoms with Gasteiger partial charge in [0.05, 0.1) is 13.2 Å². The Morgan fingerprint density at radius 3 is 2.75 bits per heavy atom. The average Bonchev–Trinajstić information content (AvgIpc) is 2.67. The highest BCUT2D eigenvalue weighted by molar-refractivity contribution is 5.52. The lowest BCUT2D eigenvalue weighted by Crippen LogP contribution is -2.25. The van der Waals surface area contributed by atoms with Crippen LogP contribution in [0.25, 0.3) is 0 Å². The van der Waals surface area contributed by atoms with E-state index >= 15 is 0 Å². The zero-order valence-electron chi connectivity index (χ0n) is 9.35. The third-order valence-electron chi connectivity index (χ3n) is 2.88. The normalized spacial score (nSPS) is 24.4. The number of hydrogen-bond donors (Lipinski definition) is 2. The Labute approximate surface area is 95.0 Å². The monoisotopic (exact) mass is 223 g/mol. The van der Waals surface area contributed by atoms with Gasteiger partial charge in [-0.2, -0.15) is 0 Å². The third kappa shape index (κ3) is 2.22. The molecule has 2 rings (SSSR count). The largest absolute Gasteiger partial charge is 0.493 e. The molecular formula is C12H17NO3. The van der Waals surface area contributed by atoms with Gasteiger partial charge in [0.2, 0.25) is 0 Å².